The number of methoxy groups -OCH3 is 1. The van der Waals surface area contributed by atoms with E-state index in [1.807, 2.05) is 0 Å². The average molecular weight is 326 g/mol. The molecule has 3 nitrogen and oxygen atoms in total. The normalized spacial score (nSPS) is 11.4. The van der Waals surface area contributed by atoms with Crippen molar-refractivity contribution < 1.29 is 22.7 Å². The van der Waals surface area contributed by atoms with Gasteiger partial charge in [-0.2, -0.15) is 13.2 Å². The number of ketones is 1. The van der Waals surface area contributed by atoms with E-state index in [1.165, 1.54) is 13.1 Å². The number of hydrogen-bond acceptors (Lipinski definition) is 3. The number of carbonyl (C=O) groups excluding carboxylic acids is 1. The molecular formula is C11H11BrF3NO2. The monoisotopic (exact) mass is 325 g/mol. The Hall–Kier alpha value is -1.08. The molecule has 0 saturated heterocycles. The van der Waals surface area contributed by atoms with Crippen molar-refractivity contribution in [2.45, 2.75) is 6.18 Å². The Morgan fingerprint density at radius 3 is 2.50 bits per heavy atom. The molecule has 0 heterocycles. The van der Waals surface area contributed by atoms with Crippen molar-refractivity contribution in [3.8, 4) is 5.75 Å². The number of rotatable bonds is 4. The lowest BCUT2D eigenvalue weighted by atomic mass is 10.0. The molecular weight excluding hydrogens is 315 g/mol. The molecule has 0 saturated carbocycles. The maximum absolute atomic E-state index is 12.8. The van der Waals surface area contributed by atoms with Gasteiger partial charge in [-0.05, 0) is 19.2 Å². The van der Waals surface area contributed by atoms with Crippen LogP contribution in [-0.2, 0) is 6.18 Å². The van der Waals surface area contributed by atoms with E-state index in [4.69, 9.17) is 4.74 Å². The molecule has 100 valence electrons. The average Bonchev–Trinajstić information content (AvgIpc) is 2.27. The molecule has 0 aliphatic rings. The van der Waals surface area contributed by atoms with Gasteiger partial charge in [0, 0.05) is 4.47 Å². The van der Waals surface area contributed by atoms with E-state index >= 15 is 0 Å². The van der Waals surface area contributed by atoms with Crippen LogP contribution in [0.5, 0.6) is 5.75 Å². The fraction of sp³-hybridized carbons (Fsp3) is 0.364. The zero-order valence-corrected chi connectivity index (χ0v) is 11.3. The molecule has 0 unspecified atom stereocenters. The van der Waals surface area contributed by atoms with Crippen LogP contribution < -0.4 is 10.1 Å². The van der Waals surface area contributed by atoms with Gasteiger partial charge in [0.2, 0.25) is 0 Å². The molecule has 0 amide bonds. The Kier molecular flexibility index (Phi) is 4.75. The first-order valence-corrected chi connectivity index (χ1v) is 5.73. The summed E-state index contributed by atoms with van der Waals surface area (Å²) in [4.78, 5) is 11.7. The third-order valence-electron chi connectivity index (χ3n) is 2.20. The van der Waals surface area contributed by atoms with E-state index in [-0.39, 0.29) is 16.6 Å². The van der Waals surface area contributed by atoms with Gasteiger partial charge < -0.3 is 10.1 Å². The Labute approximate surface area is 110 Å². The third kappa shape index (κ3) is 3.23. The molecule has 0 atom stereocenters. The maximum atomic E-state index is 12.8. The molecule has 0 radical (unpaired) electrons. The quantitative estimate of drug-likeness (QED) is 0.865. The minimum absolute atomic E-state index is 0.0654. The highest BCUT2D eigenvalue weighted by Crippen LogP contribution is 2.40. The van der Waals surface area contributed by atoms with E-state index < -0.39 is 23.3 Å². The summed E-state index contributed by atoms with van der Waals surface area (Å²) in [6.07, 6.45) is -4.58. The van der Waals surface area contributed by atoms with Gasteiger partial charge in [-0.1, -0.05) is 15.9 Å². The van der Waals surface area contributed by atoms with Crippen LogP contribution in [-0.4, -0.2) is 26.5 Å². The second-order valence-electron chi connectivity index (χ2n) is 3.49. The van der Waals surface area contributed by atoms with E-state index in [0.29, 0.717) is 0 Å². The minimum atomic E-state index is -4.58. The van der Waals surface area contributed by atoms with Crippen molar-refractivity contribution in [3.63, 3.8) is 0 Å². The number of Topliss-reactive ketones (excluding diaryl/α,β-unsaturated/α-hetero) is 1. The third-order valence-corrected chi connectivity index (χ3v) is 2.66. The highest BCUT2D eigenvalue weighted by atomic mass is 79.9. The van der Waals surface area contributed by atoms with Gasteiger partial charge in [-0.25, -0.2) is 0 Å². The van der Waals surface area contributed by atoms with Crippen molar-refractivity contribution in [2.24, 2.45) is 0 Å². The summed E-state index contributed by atoms with van der Waals surface area (Å²) in [5.41, 5.74) is -1.08. The minimum Gasteiger partial charge on any atom is -0.495 e. The molecule has 7 heteroatoms. The second kappa shape index (κ2) is 5.71. The number of alkyl halides is 3. The summed E-state index contributed by atoms with van der Waals surface area (Å²) in [5.74, 6) is -0.924. The lowest BCUT2D eigenvalue weighted by molar-refractivity contribution is -0.138. The first kappa shape index (κ1) is 15.0. The lowest BCUT2D eigenvalue weighted by Crippen LogP contribution is -2.20. The predicted molar refractivity (Wildman–Crippen MR) is 64.0 cm³/mol. The van der Waals surface area contributed by atoms with Crippen molar-refractivity contribution in [3.05, 3.63) is 27.7 Å². The van der Waals surface area contributed by atoms with Crippen molar-refractivity contribution in [1.29, 1.82) is 0 Å². The highest BCUT2D eigenvalue weighted by molar-refractivity contribution is 9.10. The van der Waals surface area contributed by atoms with Crippen molar-refractivity contribution in [1.82, 2.24) is 5.32 Å². The van der Waals surface area contributed by atoms with E-state index in [9.17, 15) is 18.0 Å². The van der Waals surface area contributed by atoms with E-state index in [1.54, 1.807) is 0 Å². The summed E-state index contributed by atoms with van der Waals surface area (Å²) in [7, 11) is 2.64. The second-order valence-corrected chi connectivity index (χ2v) is 4.40. The summed E-state index contributed by atoms with van der Waals surface area (Å²) < 4.78 is 43.4. The van der Waals surface area contributed by atoms with Crippen LogP contribution in [0.15, 0.2) is 16.6 Å². The maximum Gasteiger partial charge on any atom is 0.420 e. The number of benzene rings is 1. The number of halogens is 4. The number of ether oxygens (including phenoxy) is 1. The molecule has 0 spiro atoms. The molecule has 1 aromatic rings. The highest BCUT2D eigenvalue weighted by Gasteiger charge is 2.36. The zero-order valence-electron chi connectivity index (χ0n) is 9.69. The van der Waals surface area contributed by atoms with E-state index in [2.05, 4.69) is 21.2 Å². The molecule has 1 N–H and O–H groups in total. The van der Waals surface area contributed by atoms with Crippen molar-refractivity contribution >= 4 is 21.7 Å². The van der Waals surface area contributed by atoms with Gasteiger partial charge in [-0.3, -0.25) is 4.79 Å². The van der Waals surface area contributed by atoms with Crippen LogP contribution in [0.1, 0.15) is 15.9 Å². The molecule has 1 aromatic carbocycles. The SMILES string of the molecule is CNCC(=O)c1cc(Br)cc(C(F)(F)F)c1OC. The van der Waals surface area contributed by atoms with Crippen LogP contribution in [0, 0.1) is 0 Å². The van der Waals surface area contributed by atoms with Gasteiger partial charge in [0.25, 0.3) is 0 Å². The Morgan fingerprint density at radius 2 is 2.06 bits per heavy atom. The molecule has 0 aliphatic heterocycles. The summed E-state index contributed by atoms with van der Waals surface area (Å²) in [6.45, 7) is -0.0654. The number of likely N-dealkylation sites (N-methyl/N-ethyl adjacent to an activating group) is 1. The van der Waals surface area contributed by atoms with Gasteiger partial charge in [-0.15, -0.1) is 0 Å². The zero-order chi connectivity index (χ0) is 13.9. The van der Waals surface area contributed by atoms with Gasteiger partial charge >= 0.3 is 6.18 Å². The van der Waals surface area contributed by atoms with Crippen LogP contribution in [0.3, 0.4) is 0 Å². The molecule has 1 rings (SSSR count). The van der Waals surface area contributed by atoms with Gasteiger partial charge in [0.05, 0.1) is 24.8 Å². The fourth-order valence-corrected chi connectivity index (χ4v) is 1.94. The Morgan fingerprint density at radius 1 is 1.44 bits per heavy atom. The Bertz CT molecular complexity index is 460. The van der Waals surface area contributed by atoms with Gasteiger partial charge in [0.1, 0.15) is 5.75 Å². The molecule has 0 aromatic heterocycles. The van der Waals surface area contributed by atoms with Crippen LogP contribution in [0.2, 0.25) is 0 Å². The molecule has 0 fully saturated rings. The van der Waals surface area contributed by atoms with Crippen molar-refractivity contribution in [2.75, 3.05) is 20.7 Å². The lowest BCUT2D eigenvalue weighted by Gasteiger charge is -2.15. The molecule has 0 aliphatic carbocycles. The number of hydrogen-bond donors (Lipinski definition) is 1. The van der Waals surface area contributed by atoms with Gasteiger partial charge in [0.15, 0.2) is 5.78 Å². The smallest absolute Gasteiger partial charge is 0.420 e. The molecule has 0 bridgehead atoms. The van der Waals surface area contributed by atoms with Crippen LogP contribution in [0.25, 0.3) is 0 Å². The topological polar surface area (TPSA) is 38.3 Å². The predicted octanol–water partition coefficient (Wildman–Crippen LogP) is 2.88. The summed E-state index contributed by atoms with van der Waals surface area (Å²) in [6, 6.07) is 2.20. The van der Waals surface area contributed by atoms with Crippen LogP contribution >= 0.6 is 15.9 Å². The Balaban J connectivity index is 3.43. The number of carbonyl (C=O) groups is 1. The van der Waals surface area contributed by atoms with Crippen LogP contribution in [0.4, 0.5) is 13.2 Å². The largest absolute Gasteiger partial charge is 0.495 e. The summed E-state index contributed by atoms with van der Waals surface area (Å²) in [5, 5.41) is 2.59. The summed E-state index contributed by atoms with van der Waals surface area (Å²) >= 11 is 2.96. The first-order chi connectivity index (χ1) is 8.31. The van der Waals surface area contributed by atoms with E-state index in [0.717, 1.165) is 13.2 Å². The number of nitrogens with one attached hydrogen (secondary N) is 1. The standard InChI is InChI=1S/C11H11BrF3NO2/c1-16-5-9(17)7-3-6(12)4-8(10(7)18-2)11(13,14)15/h3-4,16H,5H2,1-2H3. The fourth-order valence-electron chi connectivity index (χ4n) is 1.49. The molecule has 18 heavy (non-hydrogen) atoms. The first-order valence-electron chi connectivity index (χ1n) is 4.93.